The molecular formula is C14H20N2O3. The van der Waals surface area contributed by atoms with Crippen LogP contribution in [-0.2, 0) is 9.53 Å². The van der Waals surface area contributed by atoms with Crippen molar-refractivity contribution in [3.8, 4) is 5.75 Å². The Bertz CT molecular complexity index is 430. The lowest BCUT2D eigenvalue weighted by molar-refractivity contribution is -0.134. The van der Waals surface area contributed by atoms with Gasteiger partial charge in [-0.2, -0.15) is 0 Å². The molecule has 1 saturated heterocycles. The van der Waals surface area contributed by atoms with Gasteiger partial charge in [-0.05, 0) is 24.6 Å². The van der Waals surface area contributed by atoms with Gasteiger partial charge >= 0.3 is 0 Å². The summed E-state index contributed by atoms with van der Waals surface area (Å²) in [5.41, 5.74) is 1.01. The number of nitrogens with one attached hydrogen (secondary N) is 2. The molecule has 2 atom stereocenters. The lowest BCUT2D eigenvalue weighted by atomic mass is 10.1. The molecule has 1 aliphatic heterocycles. The summed E-state index contributed by atoms with van der Waals surface area (Å²) >= 11 is 0. The fourth-order valence-corrected chi connectivity index (χ4v) is 2.03. The molecule has 19 heavy (non-hydrogen) atoms. The van der Waals surface area contributed by atoms with Crippen molar-refractivity contribution in [2.75, 3.05) is 26.8 Å². The first-order valence-corrected chi connectivity index (χ1v) is 6.47. The summed E-state index contributed by atoms with van der Waals surface area (Å²) in [4.78, 5) is 12.0. The van der Waals surface area contributed by atoms with Crippen LogP contribution in [0.1, 0.15) is 18.5 Å². The Morgan fingerprint density at radius 3 is 3.11 bits per heavy atom. The van der Waals surface area contributed by atoms with Crippen LogP contribution in [0.4, 0.5) is 0 Å². The molecule has 2 rings (SSSR count). The van der Waals surface area contributed by atoms with Crippen LogP contribution in [0, 0.1) is 0 Å². The van der Waals surface area contributed by atoms with Crippen molar-refractivity contribution in [3.05, 3.63) is 29.8 Å². The minimum atomic E-state index is -0.401. The summed E-state index contributed by atoms with van der Waals surface area (Å²) in [7, 11) is 1.63. The molecule has 1 amide bonds. The summed E-state index contributed by atoms with van der Waals surface area (Å²) in [5, 5.41) is 6.10. The number of hydrogen-bond acceptors (Lipinski definition) is 4. The molecule has 5 nitrogen and oxygen atoms in total. The van der Waals surface area contributed by atoms with Crippen LogP contribution < -0.4 is 15.4 Å². The average molecular weight is 264 g/mol. The predicted molar refractivity (Wildman–Crippen MR) is 72.2 cm³/mol. The van der Waals surface area contributed by atoms with E-state index < -0.39 is 6.10 Å². The Hall–Kier alpha value is -1.59. The number of hydrogen-bond donors (Lipinski definition) is 2. The largest absolute Gasteiger partial charge is 0.497 e. The molecule has 1 fully saturated rings. The topological polar surface area (TPSA) is 59.6 Å². The van der Waals surface area contributed by atoms with Crippen LogP contribution in [0.2, 0.25) is 0 Å². The van der Waals surface area contributed by atoms with Crippen molar-refractivity contribution in [2.45, 2.75) is 19.1 Å². The highest BCUT2D eigenvalue weighted by Crippen LogP contribution is 2.18. The zero-order chi connectivity index (χ0) is 13.7. The second-order valence-corrected chi connectivity index (χ2v) is 4.57. The van der Waals surface area contributed by atoms with Crippen molar-refractivity contribution in [3.63, 3.8) is 0 Å². The Morgan fingerprint density at radius 2 is 2.42 bits per heavy atom. The predicted octanol–water partition coefficient (Wildman–Crippen LogP) is 0.861. The summed E-state index contributed by atoms with van der Waals surface area (Å²) < 4.78 is 10.6. The van der Waals surface area contributed by atoms with Crippen LogP contribution in [0.15, 0.2) is 24.3 Å². The first kappa shape index (κ1) is 13.8. The SMILES string of the molecule is COc1cccc([C@H](C)NC(=O)C2CNCCO2)c1. The highest BCUT2D eigenvalue weighted by molar-refractivity contribution is 5.81. The first-order valence-electron chi connectivity index (χ1n) is 6.47. The molecule has 0 bridgehead atoms. The number of ether oxygens (including phenoxy) is 2. The van der Waals surface area contributed by atoms with Crippen molar-refractivity contribution in [2.24, 2.45) is 0 Å². The van der Waals surface area contributed by atoms with E-state index in [-0.39, 0.29) is 11.9 Å². The number of carbonyl (C=O) groups excluding carboxylic acids is 1. The maximum atomic E-state index is 12.0. The van der Waals surface area contributed by atoms with Gasteiger partial charge in [-0.3, -0.25) is 4.79 Å². The minimum absolute atomic E-state index is 0.0758. The highest BCUT2D eigenvalue weighted by Gasteiger charge is 2.23. The van der Waals surface area contributed by atoms with Gasteiger partial charge in [0.1, 0.15) is 11.9 Å². The van der Waals surface area contributed by atoms with Gasteiger partial charge in [-0.25, -0.2) is 0 Å². The van der Waals surface area contributed by atoms with Gasteiger partial charge in [-0.1, -0.05) is 12.1 Å². The number of carbonyl (C=O) groups is 1. The fourth-order valence-electron chi connectivity index (χ4n) is 2.03. The minimum Gasteiger partial charge on any atom is -0.497 e. The molecular weight excluding hydrogens is 244 g/mol. The van der Waals surface area contributed by atoms with Gasteiger partial charge in [0.25, 0.3) is 5.91 Å². The Labute approximate surface area is 113 Å². The van der Waals surface area contributed by atoms with Gasteiger partial charge in [0.05, 0.1) is 19.8 Å². The van der Waals surface area contributed by atoms with E-state index in [1.54, 1.807) is 7.11 Å². The van der Waals surface area contributed by atoms with E-state index in [1.165, 1.54) is 0 Å². The third-order valence-electron chi connectivity index (χ3n) is 3.17. The maximum Gasteiger partial charge on any atom is 0.250 e. The number of methoxy groups -OCH3 is 1. The van der Waals surface area contributed by atoms with E-state index in [9.17, 15) is 4.79 Å². The fraction of sp³-hybridized carbons (Fsp3) is 0.500. The number of benzene rings is 1. The van der Waals surface area contributed by atoms with Gasteiger partial charge in [-0.15, -0.1) is 0 Å². The number of amides is 1. The lowest BCUT2D eigenvalue weighted by Gasteiger charge is -2.24. The quantitative estimate of drug-likeness (QED) is 0.847. The van der Waals surface area contributed by atoms with Crippen molar-refractivity contribution in [1.82, 2.24) is 10.6 Å². The van der Waals surface area contributed by atoms with Gasteiger partial charge in [0.15, 0.2) is 0 Å². The summed E-state index contributed by atoms with van der Waals surface area (Å²) in [5.74, 6) is 0.705. The molecule has 1 aromatic rings. The molecule has 1 aromatic carbocycles. The molecule has 2 N–H and O–H groups in total. The Balaban J connectivity index is 1.95. The third kappa shape index (κ3) is 3.68. The molecule has 0 spiro atoms. The van der Waals surface area contributed by atoms with Gasteiger partial charge in [0.2, 0.25) is 0 Å². The Kier molecular flexibility index (Phi) is 4.76. The van der Waals surface area contributed by atoms with E-state index in [4.69, 9.17) is 9.47 Å². The van der Waals surface area contributed by atoms with Crippen LogP contribution in [0.3, 0.4) is 0 Å². The molecule has 1 heterocycles. The van der Waals surface area contributed by atoms with E-state index in [0.717, 1.165) is 17.9 Å². The number of rotatable bonds is 4. The van der Waals surface area contributed by atoms with E-state index in [2.05, 4.69) is 10.6 Å². The van der Waals surface area contributed by atoms with Crippen molar-refractivity contribution >= 4 is 5.91 Å². The monoisotopic (exact) mass is 264 g/mol. The zero-order valence-corrected chi connectivity index (χ0v) is 11.3. The molecule has 104 valence electrons. The normalized spacial score (nSPS) is 20.6. The van der Waals surface area contributed by atoms with E-state index in [1.807, 2.05) is 31.2 Å². The second kappa shape index (κ2) is 6.54. The molecule has 0 saturated carbocycles. The van der Waals surface area contributed by atoms with E-state index >= 15 is 0 Å². The maximum absolute atomic E-state index is 12.0. The third-order valence-corrected chi connectivity index (χ3v) is 3.17. The second-order valence-electron chi connectivity index (χ2n) is 4.57. The van der Waals surface area contributed by atoms with Crippen molar-refractivity contribution < 1.29 is 14.3 Å². The van der Waals surface area contributed by atoms with Crippen LogP contribution >= 0.6 is 0 Å². The molecule has 1 aliphatic rings. The summed E-state index contributed by atoms with van der Waals surface area (Å²) in [6, 6.07) is 7.60. The molecule has 0 aromatic heterocycles. The Morgan fingerprint density at radius 1 is 1.58 bits per heavy atom. The van der Waals surface area contributed by atoms with Crippen LogP contribution in [0.25, 0.3) is 0 Å². The molecule has 5 heteroatoms. The molecule has 0 radical (unpaired) electrons. The number of morpholine rings is 1. The van der Waals surface area contributed by atoms with Gasteiger partial charge < -0.3 is 20.1 Å². The summed E-state index contributed by atoms with van der Waals surface area (Å²) in [6.07, 6.45) is -0.401. The smallest absolute Gasteiger partial charge is 0.250 e. The standard InChI is InChI=1S/C14H20N2O3/c1-10(11-4-3-5-12(8-11)18-2)16-14(17)13-9-15-6-7-19-13/h3-5,8,10,13,15H,6-7,9H2,1-2H3,(H,16,17)/t10-,13?/m0/s1. The zero-order valence-electron chi connectivity index (χ0n) is 11.3. The first-order chi connectivity index (χ1) is 9.20. The van der Waals surface area contributed by atoms with E-state index in [0.29, 0.717) is 13.2 Å². The average Bonchev–Trinajstić information content (AvgIpc) is 2.48. The summed E-state index contributed by atoms with van der Waals surface area (Å²) in [6.45, 7) is 3.89. The van der Waals surface area contributed by atoms with Gasteiger partial charge in [0, 0.05) is 13.1 Å². The molecule has 0 aliphatic carbocycles. The highest BCUT2D eigenvalue weighted by atomic mass is 16.5. The lowest BCUT2D eigenvalue weighted by Crippen LogP contribution is -2.48. The van der Waals surface area contributed by atoms with Crippen molar-refractivity contribution in [1.29, 1.82) is 0 Å². The van der Waals surface area contributed by atoms with Crippen LogP contribution in [-0.4, -0.2) is 38.8 Å². The van der Waals surface area contributed by atoms with Crippen LogP contribution in [0.5, 0.6) is 5.75 Å². The molecule has 1 unspecified atom stereocenters.